The van der Waals surface area contributed by atoms with Gasteiger partial charge < -0.3 is 19.7 Å². The second-order valence-corrected chi connectivity index (χ2v) is 3.47. The zero-order valence-corrected chi connectivity index (χ0v) is 9.93. The van der Waals surface area contributed by atoms with Crippen LogP contribution in [0.4, 0.5) is 5.88 Å². The lowest BCUT2D eigenvalue weighted by Crippen LogP contribution is -1.95. The van der Waals surface area contributed by atoms with E-state index in [-0.39, 0.29) is 5.88 Å². The van der Waals surface area contributed by atoms with Gasteiger partial charge in [0.2, 0.25) is 5.88 Å². The van der Waals surface area contributed by atoms with Crippen molar-refractivity contribution >= 4 is 5.88 Å². The SMILES string of the molecule is COc1cc(-c2cnoc2N)cc(C#N)c1OC. The summed E-state index contributed by atoms with van der Waals surface area (Å²) in [6.07, 6.45) is 1.48. The maximum Gasteiger partial charge on any atom is 0.229 e. The topological polar surface area (TPSA) is 94.3 Å². The van der Waals surface area contributed by atoms with Crippen molar-refractivity contribution in [2.75, 3.05) is 20.0 Å². The van der Waals surface area contributed by atoms with E-state index in [0.717, 1.165) is 0 Å². The standard InChI is InChI=1S/C12H11N3O3/c1-16-10-4-7(9-6-15-18-12(9)14)3-8(5-13)11(10)17-2/h3-4,6H,14H2,1-2H3. The van der Waals surface area contributed by atoms with Crippen molar-refractivity contribution in [1.82, 2.24) is 5.16 Å². The summed E-state index contributed by atoms with van der Waals surface area (Å²) in [6, 6.07) is 5.40. The lowest BCUT2D eigenvalue weighted by molar-refractivity contribution is 0.354. The van der Waals surface area contributed by atoms with Gasteiger partial charge in [0, 0.05) is 0 Å². The van der Waals surface area contributed by atoms with Crippen LogP contribution in [0.3, 0.4) is 0 Å². The minimum Gasteiger partial charge on any atom is -0.493 e. The first-order valence-electron chi connectivity index (χ1n) is 5.08. The molecule has 0 radical (unpaired) electrons. The van der Waals surface area contributed by atoms with Crippen LogP contribution in [0.1, 0.15) is 5.56 Å². The molecule has 0 bridgehead atoms. The third kappa shape index (κ3) is 1.82. The molecule has 2 N–H and O–H groups in total. The smallest absolute Gasteiger partial charge is 0.229 e. The zero-order valence-electron chi connectivity index (χ0n) is 9.93. The predicted octanol–water partition coefficient (Wildman–Crippen LogP) is 1.81. The van der Waals surface area contributed by atoms with Crippen LogP contribution in [-0.2, 0) is 0 Å². The van der Waals surface area contributed by atoms with Gasteiger partial charge in [0.15, 0.2) is 11.5 Å². The molecule has 6 nitrogen and oxygen atoms in total. The lowest BCUT2D eigenvalue weighted by Gasteiger charge is -2.10. The Labute approximate surface area is 104 Å². The molecule has 0 aliphatic rings. The maximum atomic E-state index is 9.10. The summed E-state index contributed by atoms with van der Waals surface area (Å²) in [7, 11) is 2.98. The summed E-state index contributed by atoms with van der Waals surface area (Å²) in [5, 5.41) is 12.7. The Balaban J connectivity index is 2.65. The Hall–Kier alpha value is -2.68. The number of aromatic nitrogens is 1. The molecule has 2 aromatic rings. The van der Waals surface area contributed by atoms with Crippen LogP contribution in [0.2, 0.25) is 0 Å². The number of benzene rings is 1. The molecule has 0 aliphatic carbocycles. The molecule has 0 unspecified atom stereocenters. The van der Waals surface area contributed by atoms with E-state index in [1.807, 2.05) is 6.07 Å². The average Bonchev–Trinajstić information content (AvgIpc) is 2.83. The molecule has 18 heavy (non-hydrogen) atoms. The Morgan fingerprint density at radius 3 is 2.61 bits per heavy atom. The summed E-state index contributed by atoms with van der Waals surface area (Å²) >= 11 is 0. The highest BCUT2D eigenvalue weighted by Gasteiger charge is 2.15. The molecule has 0 saturated heterocycles. The van der Waals surface area contributed by atoms with E-state index in [0.29, 0.717) is 28.2 Å². The number of hydrogen-bond acceptors (Lipinski definition) is 6. The summed E-state index contributed by atoms with van der Waals surface area (Å²) in [6.45, 7) is 0. The van der Waals surface area contributed by atoms with E-state index in [1.165, 1.54) is 20.4 Å². The number of nitrogens with zero attached hydrogens (tertiary/aromatic N) is 2. The van der Waals surface area contributed by atoms with Crippen LogP contribution in [0.15, 0.2) is 22.9 Å². The highest BCUT2D eigenvalue weighted by Crippen LogP contribution is 2.37. The van der Waals surface area contributed by atoms with E-state index in [2.05, 4.69) is 5.16 Å². The largest absolute Gasteiger partial charge is 0.493 e. The molecule has 92 valence electrons. The Morgan fingerprint density at radius 1 is 1.33 bits per heavy atom. The van der Waals surface area contributed by atoms with Crippen molar-refractivity contribution in [2.45, 2.75) is 0 Å². The predicted molar refractivity (Wildman–Crippen MR) is 64.2 cm³/mol. The van der Waals surface area contributed by atoms with E-state index < -0.39 is 0 Å². The molecule has 0 atom stereocenters. The quantitative estimate of drug-likeness (QED) is 0.886. The number of ether oxygens (including phenoxy) is 2. The van der Waals surface area contributed by atoms with Gasteiger partial charge in [0.1, 0.15) is 6.07 Å². The zero-order chi connectivity index (χ0) is 13.1. The molecule has 1 aromatic heterocycles. The summed E-state index contributed by atoms with van der Waals surface area (Å²) < 4.78 is 15.1. The monoisotopic (exact) mass is 245 g/mol. The first-order chi connectivity index (χ1) is 8.71. The van der Waals surface area contributed by atoms with E-state index >= 15 is 0 Å². The van der Waals surface area contributed by atoms with Gasteiger partial charge in [-0.15, -0.1) is 0 Å². The van der Waals surface area contributed by atoms with Gasteiger partial charge in [-0.3, -0.25) is 0 Å². The number of rotatable bonds is 3. The molecular formula is C12H11N3O3. The number of methoxy groups -OCH3 is 2. The fraction of sp³-hybridized carbons (Fsp3) is 0.167. The van der Waals surface area contributed by atoms with Crippen LogP contribution < -0.4 is 15.2 Å². The third-order valence-corrected chi connectivity index (χ3v) is 2.51. The first-order valence-corrected chi connectivity index (χ1v) is 5.08. The van der Waals surface area contributed by atoms with Crippen LogP contribution >= 0.6 is 0 Å². The van der Waals surface area contributed by atoms with Gasteiger partial charge in [-0.25, -0.2) is 0 Å². The molecular weight excluding hydrogens is 234 g/mol. The number of nitriles is 1. The fourth-order valence-corrected chi connectivity index (χ4v) is 1.67. The Morgan fingerprint density at radius 2 is 2.11 bits per heavy atom. The van der Waals surface area contributed by atoms with E-state index in [1.54, 1.807) is 12.1 Å². The number of nitrogen functional groups attached to an aromatic ring is 1. The van der Waals surface area contributed by atoms with Gasteiger partial charge in [0.05, 0.1) is 31.5 Å². The molecule has 0 saturated carbocycles. The van der Waals surface area contributed by atoms with Crippen LogP contribution in [-0.4, -0.2) is 19.4 Å². The number of nitrogens with two attached hydrogens (primary N) is 1. The van der Waals surface area contributed by atoms with Crippen LogP contribution in [0, 0.1) is 11.3 Å². The highest BCUT2D eigenvalue weighted by atomic mass is 16.5. The fourth-order valence-electron chi connectivity index (χ4n) is 1.67. The van der Waals surface area contributed by atoms with E-state index in [4.69, 9.17) is 25.0 Å². The van der Waals surface area contributed by atoms with Gasteiger partial charge in [-0.05, 0) is 17.7 Å². The van der Waals surface area contributed by atoms with Gasteiger partial charge >= 0.3 is 0 Å². The molecule has 0 fully saturated rings. The number of anilines is 1. The first kappa shape index (κ1) is 11.8. The van der Waals surface area contributed by atoms with Gasteiger partial charge in [0.25, 0.3) is 0 Å². The second-order valence-electron chi connectivity index (χ2n) is 3.47. The molecule has 2 rings (SSSR count). The Kier molecular flexibility index (Phi) is 3.06. The van der Waals surface area contributed by atoms with Crippen LogP contribution in [0.25, 0.3) is 11.1 Å². The van der Waals surface area contributed by atoms with Crippen molar-refractivity contribution in [3.05, 3.63) is 23.9 Å². The molecule has 0 aliphatic heterocycles. The summed E-state index contributed by atoms with van der Waals surface area (Å²) in [5.74, 6) is 1.03. The minimum absolute atomic E-state index is 0.186. The van der Waals surface area contributed by atoms with Crippen molar-refractivity contribution in [3.63, 3.8) is 0 Å². The second kappa shape index (κ2) is 4.67. The lowest BCUT2D eigenvalue weighted by atomic mass is 10.0. The Bertz CT molecular complexity index is 614. The third-order valence-electron chi connectivity index (χ3n) is 2.51. The van der Waals surface area contributed by atoms with Crippen molar-refractivity contribution in [2.24, 2.45) is 0 Å². The molecule has 6 heteroatoms. The van der Waals surface area contributed by atoms with Crippen molar-refractivity contribution in [3.8, 4) is 28.7 Å². The van der Waals surface area contributed by atoms with Gasteiger partial charge in [-0.1, -0.05) is 5.16 Å². The van der Waals surface area contributed by atoms with Gasteiger partial charge in [-0.2, -0.15) is 5.26 Å². The normalized spacial score (nSPS) is 9.83. The molecule has 0 spiro atoms. The minimum atomic E-state index is 0.186. The van der Waals surface area contributed by atoms with Crippen LogP contribution in [0.5, 0.6) is 11.5 Å². The molecule has 0 amide bonds. The molecule has 1 heterocycles. The van der Waals surface area contributed by atoms with Crippen molar-refractivity contribution in [1.29, 1.82) is 5.26 Å². The summed E-state index contributed by atoms with van der Waals surface area (Å²) in [4.78, 5) is 0. The van der Waals surface area contributed by atoms with Crippen molar-refractivity contribution < 1.29 is 14.0 Å². The average molecular weight is 245 g/mol. The summed E-state index contributed by atoms with van der Waals surface area (Å²) in [5.41, 5.74) is 7.28. The maximum absolute atomic E-state index is 9.10. The number of hydrogen-bond donors (Lipinski definition) is 1. The van der Waals surface area contributed by atoms with E-state index in [9.17, 15) is 0 Å². The highest BCUT2D eigenvalue weighted by molar-refractivity contribution is 5.76. The molecule has 1 aromatic carbocycles.